The van der Waals surface area contributed by atoms with E-state index in [2.05, 4.69) is 10.0 Å². The van der Waals surface area contributed by atoms with E-state index in [1.165, 1.54) is 12.6 Å². The van der Waals surface area contributed by atoms with Gasteiger partial charge in [0, 0.05) is 6.04 Å². The van der Waals surface area contributed by atoms with E-state index in [0.29, 0.717) is 5.69 Å². The Labute approximate surface area is 126 Å². The SMILES string of the molecule is CNS(=O)(=O)c1ccccc1NC(C)c1ccc(C)cc1. The second kappa shape index (κ2) is 6.28. The molecule has 0 aromatic heterocycles. The van der Waals surface area contributed by atoms with Crippen LogP contribution in [0.15, 0.2) is 53.4 Å². The Morgan fingerprint density at radius 1 is 1.00 bits per heavy atom. The number of nitrogens with one attached hydrogen (secondary N) is 2. The molecular formula is C16H20N2O2S. The van der Waals surface area contributed by atoms with Crippen LogP contribution in [0.5, 0.6) is 0 Å². The minimum absolute atomic E-state index is 0.0128. The van der Waals surface area contributed by atoms with Crippen molar-refractivity contribution in [2.45, 2.75) is 24.8 Å². The summed E-state index contributed by atoms with van der Waals surface area (Å²) >= 11 is 0. The number of anilines is 1. The lowest BCUT2D eigenvalue weighted by Gasteiger charge is -2.18. The van der Waals surface area contributed by atoms with Gasteiger partial charge in [0.1, 0.15) is 4.90 Å². The van der Waals surface area contributed by atoms with Crippen molar-refractivity contribution in [2.75, 3.05) is 12.4 Å². The molecular weight excluding hydrogens is 284 g/mol. The Morgan fingerprint density at radius 3 is 2.24 bits per heavy atom. The first kappa shape index (κ1) is 15.5. The summed E-state index contributed by atoms with van der Waals surface area (Å²) in [6.45, 7) is 4.05. The smallest absolute Gasteiger partial charge is 0.242 e. The van der Waals surface area contributed by atoms with Crippen LogP contribution in [0.25, 0.3) is 0 Å². The van der Waals surface area contributed by atoms with E-state index in [0.717, 1.165) is 5.56 Å². The normalized spacial score (nSPS) is 12.9. The summed E-state index contributed by atoms with van der Waals surface area (Å²) in [6, 6.07) is 15.1. The molecule has 2 rings (SSSR count). The molecule has 5 heteroatoms. The van der Waals surface area contributed by atoms with Gasteiger partial charge in [-0.2, -0.15) is 0 Å². The number of sulfonamides is 1. The van der Waals surface area contributed by atoms with Gasteiger partial charge >= 0.3 is 0 Å². The standard InChI is InChI=1S/C16H20N2O2S/c1-12-8-10-14(11-9-12)13(2)18-15-6-4-5-7-16(15)21(19,20)17-3/h4-11,13,17-18H,1-3H3. The van der Waals surface area contributed by atoms with Crippen molar-refractivity contribution in [3.63, 3.8) is 0 Å². The van der Waals surface area contributed by atoms with Gasteiger partial charge in [-0.1, -0.05) is 42.0 Å². The van der Waals surface area contributed by atoms with E-state index in [4.69, 9.17) is 0 Å². The minimum atomic E-state index is -3.48. The Bertz CT molecular complexity index is 709. The summed E-state index contributed by atoms with van der Waals surface area (Å²) in [5.41, 5.74) is 2.90. The maximum atomic E-state index is 12.0. The highest BCUT2D eigenvalue weighted by Crippen LogP contribution is 2.25. The highest BCUT2D eigenvalue weighted by molar-refractivity contribution is 7.89. The van der Waals surface area contributed by atoms with E-state index >= 15 is 0 Å². The molecule has 0 spiro atoms. The van der Waals surface area contributed by atoms with Crippen LogP contribution in [0.2, 0.25) is 0 Å². The molecule has 0 fully saturated rings. The van der Waals surface area contributed by atoms with Crippen LogP contribution in [0.1, 0.15) is 24.1 Å². The predicted octanol–water partition coefficient (Wildman–Crippen LogP) is 3.08. The molecule has 0 aliphatic rings. The monoisotopic (exact) mass is 304 g/mol. The van der Waals surface area contributed by atoms with Crippen molar-refractivity contribution >= 4 is 15.7 Å². The number of benzene rings is 2. The van der Waals surface area contributed by atoms with Crippen LogP contribution in [-0.4, -0.2) is 15.5 Å². The van der Waals surface area contributed by atoms with Gasteiger partial charge in [-0.3, -0.25) is 0 Å². The molecule has 2 aromatic carbocycles. The summed E-state index contributed by atoms with van der Waals surface area (Å²) < 4.78 is 26.4. The molecule has 0 saturated heterocycles. The van der Waals surface area contributed by atoms with Gasteiger partial charge in [0.15, 0.2) is 0 Å². The lowest BCUT2D eigenvalue weighted by molar-refractivity contribution is 0.588. The summed E-state index contributed by atoms with van der Waals surface area (Å²) in [4.78, 5) is 0.256. The molecule has 21 heavy (non-hydrogen) atoms. The second-order valence-electron chi connectivity index (χ2n) is 4.98. The van der Waals surface area contributed by atoms with Crippen LogP contribution in [0, 0.1) is 6.92 Å². The van der Waals surface area contributed by atoms with E-state index in [1.54, 1.807) is 18.2 Å². The summed E-state index contributed by atoms with van der Waals surface area (Å²) in [5.74, 6) is 0. The molecule has 1 unspecified atom stereocenters. The second-order valence-corrected chi connectivity index (χ2v) is 6.84. The van der Waals surface area contributed by atoms with E-state index in [1.807, 2.05) is 44.2 Å². The average molecular weight is 304 g/mol. The Morgan fingerprint density at radius 2 is 1.62 bits per heavy atom. The predicted molar refractivity (Wildman–Crippen MR) is 85.9 cm³/mol. The number of para-hydroxylation sites is 1. The third kappa shape index (κ3) is 3.62. The first-order valence-corrected chi connectivity index (χ1v) is 8.28. The highest BCUT2D eigenvalue weighted by Gasteiger charge is 2.17. The van der Waals surface area contributed by atoms with E-state index < -0.39 is 10.0 Å². The van der Waals surface area contributed by atoms with Gasteiger partial charge in [0.05, 0.1) is 5.69 Å². The molecule has 4 nitrogen and oxygen atoms in total. The topological polar surface area (TPSA) is 58.2 Å². The lowest BCUT2D eigenvalue weighted by atomic mass is 10.1. The quantitative estimate of drug-likeness (QED) is 0.892. The molecule has 2 N–H and O–H groups in total. The molecule has 112 valence electrons. The average Bonchev–Trinajstić information content (AvgIpc) is 2.48. The Kier molecular flexibility index (Phi) is 4.65. The van der Waals surface area contributed by atoms with Crippen LogP contribution in [0.3, 0.4) is 0 Å². The third-order valence-electron chi connectivity index (χ3n) is 3.39. The maximum absolute atomic E-state index is 12.0. The van der Waals surface area contributed by atoms with E-state index in [9.17, 15) is 8.42 Å². The van der Waals surface area contributed by atoms with Crippen LogP contribution >= 0.6 is 0 Å². The number of aryl methyl sites for hydroxylation is 1. The molecule has 2 aromatic rings. The summed E-state index contributed by atoms with van der Waals surface area (Å²) in [5, 5.41) is 3.27. The molecule has 0 saturated carbocycles. The van der Waals surface area contributed by atoms with Crippen LogP contribution in [0.4, 0.5) is 5.69 Å². The van der Waals surface area contributed by atoms with Crippen molar-refractivity contribution in [1.82, 2.24) is 4.72 Å². The van der Waals surface area contributed by atoms with Crippen molar-refractivity contribution in [2.24, 2.45) is 0 Å². The van der Waals surface area contributed by atoms with Crippen molar-refractivity contribution < 1.29 is 8.42 Å². The fourth-order valence-electron chi connectivity index (χ4n) is 2.10. The van der Waals surface area contributed by atoms with Gasteiger partial charge in [0.2, 0.25) is 10.0 Å². The maximum Gasteiger partial charge on any atom is 0.242 e. The number of hydrogen-bond donors (Lipinski definition) is 2. The molecule has 0 bridgehead atoms. The largest absolute Gasteiger partial charge is 0.377 e. The van der Waals surface area contributed by atoms with Crippen molar-refractivity contribution in [3.05, 3.63) is 59.7 Å². The van der Waals surface area contributed by atoms with Gasteiger partial charge in [-0.15, -0.1) is 0 Å². The van der Waals surface area contributed by atoms with Crippen molar-refractivity contribution in [3.8, 4) is 0 Å². The minimum Gasteiger partial charge on any atom is -0.377 e. The van der Waals surface area contributed by atoms with E-state index in [-0.39, 0.29) is 10.9 Å². The third-order valence-corrected chi connectivity index (χ3v) is 4.87. The van der Waals surface area contributed by atoms with Crippen LogP contribution in [-0.2, 0) is 10.0 Å². The highest BCUT2D eigenvalue weighted by atomic mass is 32.2. The molecule has 0 aliphatic heterocycles. The van der Waals surface area contributed by atoms with Gasteiger partial charge < -0.3 is 5.32 Å². The van der Waals surface area contributed by atoms with Crippen LogP contribution < -0.4 is 10.0 Å². The molecule has 1 atom stereocenters. The first-order chi connectivity index (χ1) is 9.94. The lowest BCUT2D eigenvalue weighted by Crippen LogP contribution is -2.20. The molecule has 0 amide bonds. The number of rotatable bonds is 5. The zero-order valence-corrected chi connectivity index (χ0v) is 13.2. The number of hydrogen-bond acceptors (Lipinski definition) is 3. The summed E-state index contributed by atoms with van der Waals surface area (Å²) in [6.07, 6.45) is 0. The Hall–Kier alpha value is -1.85. The zero-order chi connectivity index (χ0) is 15.5. The molecule has 0 aliphatic carbocycles. The zero-order valence-electron chi connectivity index (χ0n) is 12.4. The van der Waals surface area contributed by atoms with Gasteiger partial charge in [0.25, 0.3) is 0 Å². The molecule has 0 radical (unpaired) electrons. The molecule has 0 heterocycles. The first-order valence-electron chi connectivity index (χ1n) is 6.79. The fraction of sp³-hybridized carbons (Fsp3) is 0.250. The summed E-state index contributed by atoms with van der Waals surface area (Å²) in [7, 11) is -2.06. The fourth-order valence-corrected chi connectivity index (χ4v) is 3.00. The van der Waals surface area contributed by atoms with Crippen molar-refractivity contribution in [1.29, 1.82) is 0 Å². The van der Waals surface area contributed by atoms with Gasteiger partial charge in [-0.25, -0.2) is 13.1 Å². The van der Waals surface area contributed by atoms with Gasteiger partial charge in [-0.05, 0) is 38.6 Å². The Balaban J connectivity index is 2.30.